The van der Waals surface area contributed by atoms with Gasteiger partial charge in [-0.2, -0.15) is 0 Å². The summed E-state index contributed by atoms with van der Waals surface area (Å²) in [6.07, 6.45) is 4.05. The molecule has 1 aromatic carbocycles. The molecule has 0 nitrogen and oxygen atoms in total. The first-order chi connectivity index (χ1) is 8.65. The molecule has 0 amide bonds. The second-order valence-electron chi connectivity index (χ2n) is 5.60. The quantitative estimate of drug-likeness (QED) is 0.538. The van der Waals surface area contributed by atoms with Crippen molar-refractivity contribution < 1.29 is 47.2 Å². The molecule has 0 aromatic heterocycles. The summed E-state index contributed by atoms with van der Waals surface area (Å²) in [6, 6.07) is 9.20. The number of rotatable bonds is 5. The summed E-state index contributed by atoms with van der Waals surface area (Å²) in [6.45, 7) is 9.79. The molecule has 2 rings (SSSR count). The third-order valence-electron chi connectivity index (χ3n) is 3.81. The maximum Gasteiger partial charge on any atom is -1.00 e. The normalized spacial score (nSPS) is 16.4. The van der Waals surface area contributed by atoms with Crippen LogP contribution in [0.3, 0.4) is 0 Å². The minimum atomic E-state index is -0.346. The summed E-state index contributed by atoms with van der Waals surface area (Å²) in [5.74, 6) is -0.346. The van der Waals surface area contributed by atoms with Crippen molar-refractivity contribution >= 4 is 11.5 Å². The Morgan fingerprint density at radius 3 is 2.40 bits per heavy atom. The van der Waals surface area contributed by atoms with E-state index in [0.29, 0.717) is 0 Å². The summed E-state index contributed by atoms with van der Waals surface area (Å²) in [5.41, 5.74) is 6.71. The molecule has 1 aromatic rings. The van der Waals surface area contributed by atoms with Gasteiger partial charge in [-0.3, -0.25) is 0 Å². The Morgan fingerprint density at radius 1 is 1.15 bits per heavy atom. The second kappa shape index (κ2) is 9.62. The zero-order valence-electron chi connectivity index (χ0n) is 12.8. The number of fused-ring (bicyclic) bond motifs is 1. The fraction of sp³-hybridized carbons (Fsp3) is 0.500. The fourth-order valence-corrected chi connectivity index (χ4v) is 13.2. The summed E-state index contributed by atoms with van der Waals surface area (Å²) in [5, 5.41) is 0. The topological polar surface area (TPSA) is 0 Å². The van der Waals surface area contributed by atoms with Gasteiger partial charge >= 0.3 is 125 Å². The molecule has 0 bridgehead atoms. The molecule has 1 unspecified atom stereocenters. The van der Waals surface area contributed by atoms with E-state index in [0.717, 1.165) is 3.63 Å². The van der Waals surface area contributed by atoms with Crippen molar-refractivity contribution in [3.05, 3.63) is 41.0 Å². The number of benzene rings is 1. The van der Waals surface area contributed by atoms with E-state index in [4.69, 9.17) is 0 Å². The van der Waals surface area contributed by atoms with Gasteiger partial charge in [-0.1, -0.05) is 0 Å². The maximum atomic E-state index is 2.56. The molecule has 20 heavy (non-hydrogen) atoms. The Kier molecular flexibility index (Phi) is 9.92. The minimum Gasteiger partial charge on any atom is -1.00 e. The number of unbranched alkanes of at least 4 members (excludes halogenated alkanes) is 1. The predicted octanol–water partition coefficient (Wildman–Crippen LogP) is -1.22. The Hall–Kier alpha value is 0.640. The fourth-order valence-electron chi connectivity index (χ4n) is 2.89. The van der Waals surface area contributed by atoms with Crippen molar-refractivity contribution in [1.82, 2.24) is 0 Å². The molecule has 1 aliphatic carbocycles. The number of halogens is 2. The van der Waals surface area contributed by atoms with Crippen molar-refractivity contribution in [3.8, 4) is 0 Å². The number of allylic oxidation sites excluding steroid dienone is 2. The molecule has 0 saturated heterocycles. The van der Waals surface area contributed by atoms with Gasteiger partial charge in [0.2, 0.25) is 0 Å². The molecule has 1 atom stereocenters. The van der Waals surface area contributed by atoms with Crippen LogP contribution in [-0.2, 0) is 22.4 Å². The van der Waals surface area contributed by atoms with Gasteiger partial charge in [-0.05, 0) is 0 Å². The van der Waals surface area contributed by atoms with Crippen LogP contribution in [0.2, 0.25) is 13.1 Å². The number of hydrogen-bond donors (Lipinski definition) is 0. The van der Waals surface area contributed by atoms with E-state index in [-0.39, 0.29) is 53.1 Å². The zero-order chi connectivity index (χ0) is 13.1. The Balaban J connectivity index is 0.00000180. The van der Waals surface area contributed by atoms with Gasteiger partial charge in [0.05, 0.1) is 0 Å². The van der Waals surface area contributed by atoms with Gasteiger partial charge < -0.3 is 24.8 Å². The van der Waals surface area contributed by atoms with E-state index in [2.05, 4.69) is 51.2 Å². The van der Waals surface area contributed by atoms with E-state index in [1.807, 2.05) is 5.57 Å². The van der Waals surface area contributed by atoms with Gasteiger partial charge in [0.1, 0.15) is 0 Å². The van der Waals surface area contributed by atoms with Gasteiger partial charge in [-0.15, -0.1) is 0 Å². The third-order valence-corrected chi connectivity index (χ3v) is 13.8. The van der Waals surface area contributed by atoms with Crippen molar-refractivity contribution in [2.75, 3.05) is 0 Å². The van der Waals surface area contributed by atoms with Gasteiger partial charge in [-0.25, -0.2) is 0 Å². The van der Waals surface area contributed by atoms with Crippen molar-refractivity contribution in [3.63, 3.8) is 0 Å². The average molecular weight is 407 g/mol. The van der Waals surface area contributed by atoms with Gasteiger partial charge in [0, 0.05) is 0 Å². The summed E-state index contributed by atoms with van der Waals surface area (Å²) in [4.78, 5) is 0. The zero-order valence-corrected chi connectivity index (χ0v) is 18.0. The standard InChI is InChI=1S/C14H17.C2H7Si.2ClH.Zr/c1-3-4-7-12-10-13-8-5-6-9-14(13)11(12)2;1-3-2;;;/h5-6,8-10H,3-4,7H2,1-2H3;3H,1-2H3;2*1H;/q;;;;+2/p-2. The monoisotopic (exact) mass is 404 g/mol. The first-order valence-corrected chi connectivity index (χ1v) is 15.8. The molecular weight excluding hydrogens is 382 g/mol. The Labute approximate surface area is 148 Å². The first kappa shape index (κ1) is 20.6. The van der Waals surface area contributed by atoms with Crippen LogP contribution < -0.4 is 24.8 Å². The SMILES string of the molecule is CCCCC1=C(C)c2ccccc2[CH]1[Zr+2][SiH](C)C.[Cl-].[Cl-]. The Morgan fingerprint density at radius 2 is 1.80 bits per heavy atom. The molecule has 0 fully saturated rings. The van der Waals surface area contributed by atoms with E-state index in [9.17, 15) is 0 Å². The van der Waals surface area contributed by atoms with Gasteiger partial charge in [0.15, 0.2) is 0 Å². The van der Waals surface area contributed by atoms with E-state index in [1.165, 1.54) is 19.3 Å². The molecular formula is C16H24Cl2SiZr. The van der Waals surface area contributed by atoms with Crippen LogP contribution in [0.1, 0.15) is 47.9 Å². The van der Waals surface area contributed by atoms with Crippen molar-refractivity contribution in [2.24, 2.45) is 0 Å². The van der Waals surface area contributed by atoms with Crippen molar-refractivity contribution in [1.29, 1.82) is 0 Å². The van der Waals surface area contributed by atoms with Crippen LogP contribution in [0.4, 0.5) is 0 Å². The molecule has 0 heterocycles. The first-order valence-electron chi connectivity index (χ1n) is 7.20. The minimum absolute atomic E-state index is 0. The predicted molar refractivity (Wildman–Crippen MR) is 80.2 cm³/mol. The van der Waals surface area contributed by atoms with Crippen LogP contribution in [-0.4, -0.2) is 5.92 Å². The van der Waals surface area contributed by atoms with E-state index >= 15 is 0 Å². The van der Waals surface area contributed by atoms with Crippen LogP contribution in [0.5, 0.6) is 0 Å². The molecule has 0 saturated carbocycles. The van der Waals surface area contributed by atoms with Crippen LogP contribution in [0.25, 0.3) is 5.57 Å². The van der Waals surface area contributed by atoms with Crippen molar-refractivity contribution in [2.45, 2.75) is 49.8 Å². The third kappa shape index (κ3) is 4.57. The summed E-state index contributed by atoms with van der Waals surface area (Å²) < 4.78 is 0.919. The molecule has 0 N–H and O–H groups in total. The van der Waals surface area contributed by atoms with E-state index in [1.54, 1.807) is 16.7 Å². The number of hydrogen-bond acceptors (Lipinski definition) is 0. The second-order valence-corrected chi connectivity index (χ2v) is 20.6. The average Bonchev–Trinajstić information content (AvgIpc) is 2.61. The molecule has 0 aliphatic heterocycles. The summed E-state index contributed by atoms with van der Waals surface area (Å²) in [7, 11) is 0. The Bertz CT molecular complexity index is 458. The molecule has 110 valence electrons. The van der Waals surface area contributed by atoms with Crippen LogP contribution in [0.15, 0.2) is 29.8 Å². The molecule has 0 radical (unpaired) electrons. The maximum absolute atomic E-state index is 2.56. The molecule has 1 aliphatic rings. The molecule has 4 heteroatoms. The van der Waals surface area contributed by atoms with Crippen LogP contribution >= 0.6 is 0 Å². The summed E-state index contributed by atoms with van der Waals surface area (Å²) >= 11 is -0.215. The van der Waals surface area contributed by atoms with E-state index < -0.39 is 0 Å². The van der Waals surface area contributed by atoms with Crippen LogP contribution in [0, 0.1) is 0 Å². The molecule has 0 spiro atoms. The smallest absolute Gasteiger partial charge is 1.00 e. The largest absolute Gasteiger partial charge is 1.00 e. The van der Waals surface area contributed by atoms with Gasteiger partial charge in [0.25, 0.3) is 0 Å².